The van der Waals surface area contributed by atoms with Crippen molar-refractivity contribution in [1.29, 1.82) is 0 Å². The molecule has 3 N–H and O–H groups in total. The Kier molecular flexibility index (Phi) is 7.57. The number of hydrogen-bond acceptors (Lipinski definition) is 5. The van der Waals surface area contributed by atoms with E-state index in [4.69, 9.17) is 19.7 Å². The Morgan fingerprint density at radius 1 is 1.11 bits per heavy atom. The minimum absolute atomic E-state index is 0.0372. The van der Waals surface area contributed by atoms with Gasteiger partial charge in [0.2, 0.25) is 0 Å². The second-order valence-corrected chi connectivity index (χ2v) is 3.76. The molecule has 1 aromatic rings. The number of ether oxygens (including phenoxy) is 2. The third-order valence-electron chi connectivity index (χ3n) is 2.31. The van der Waals surface area contributed by atoms with E-state index in [1.807, 2.05) is 0 Å². The van der Waals surface area contributed by atoms with Crippen LogP contribution >= 0.6 is 0 Å². The summed E-state index contributed by atoms with van der Waals surface area (Å²) in [5.74, 6) is -0.306. The van der Waals surface area contributed by atoms with Gasteiger partial charge in [-0.2, -0.15) is 0 Å². The van der Waals surface area contributed by atoms with Crippen molar-refractivity contribution >= 4 is 5.97 Å². The number of aromatic carboxylic acids is 1. The largest absolute Gasteiger partial charge is 0.492 e. The molecule has 0 bridgehead atoms. The fourth-order valence-electron chi connectivity index (χ4n) is 1.37. The van der Waals surface area contributed by atoms with Gasteiger partial charge in [-0.25, -0.2) is 4.79 Å². The summed E-state index contributed by atoms with van der Waals surface area (Å²) in [6.45, 7) is 2.80. The van der Waals surface area contributed by atoms with Gasteiger partial charge in [0.15, 0.2) is 0 Å². The standard InChI is InChI=1S/C13H19NO5/c15-7-10-18-8-5-14-6-9-19-12-3-1-11(2-4-12)13(16)17/h1-4,14-15H,5-10H2,(H,16,17). The summed E-state index contributed by atoms with van der Waals surface area (Å²) in [7, 11) is 0. The molecule has 0 aliphatic carbocycles. The van der Waals surface area contributed by atoms with E-state index in [-0.39, 0.29) is 12.2 Å². The molecule has 0 aliphatic rings. The van der Waals surface area contributed by atoms with Crippen LogP contribution in [0.4, 0.5) is 0 Å². The summed E-state index contributed by atoms with van der Waals surface area (Å²) in [6.07, 6.45) is 0. The zero-order valence-corrected chi connectivity index (χ0v) is 10.7. The molecule has 0 atom stereocenters. The summed E-state index contributed by atoms with van der Waals surface area (Å²) in [5.41, 5.74) is 0.242. The number of aliphatic hydroxyl groups excluding tert-OH is 1. The maximum atomic E-state index is 10.6. The Morgan fingerprint density at radius 3 is 2.42 bits per heavy atom. The molecule has 0 saturated carbocycles. The van der Waals surface area contributed by atoms with Crippen molar-refractivity contribution < 1.29 is 24.5 Å². The topological polar surface area (TPSA) is 88.0 Å². The van der Waals surface area contributed by atoms with Crippen molar-refractivity contribution in [3.05, 3.63) is 29.8 Å². The zero-order valence-electron chi connectivity index (χ0n) is 10.7. The van der Waals surface area contributed by atoms with Crippen LogP contribution < -0.4 is 10.1 Å². The van der Waals surface area contributed by atoms with E-state index in [0.29, 0.717) is 38.7 Å². The molecule has 0 aliphatic heterocycles. The highest BCUT2D eigenvalue weighted by atomic mass is 16.5. The number of benzene rings is 1. The molecule has 1 aromatic carbocycles. The van der Waals surface area contributed by atoms with E-state index in [9.17, 15) is 4.79 Å². The molecule has 0 spiro atoms. The van der Waals surface area contributed by atoms with Gasteiger partial charge in [-0.15, -0.1) is 0 Å². The number of rotatable bonds is 10. The molecule has 0 heterocycles. The summed E-state index contributed by atoms with van der Waals surface area (Å²) < 4.78 is 10.5. The molecule has 19 heavy (non-hydrogen) atoms. The predicted octanol–water partition coefficient (Wildman–Crippen LogP) is 0.362. The second-order valence-electron chi connectivity index (χ2n) is 3.76. The highest BCUT2D eigenvalue weighted by Gasteiger charge is 2.01. The van der Waals surface area contributed by atoms with Crippen molar-refractivity contribution in [2.75, 3.05) is 39.5 Å². The maximum absolute atomic E-state index is 10.6. The fraction of sp³-hybridized carbons (Fsp3) is 0.462. The molecule has 1 rings (SSSR count). The van der Waals surface area contributed by atoms with Gasteiger partial charge in [-0.05, 0) is 24.3 Å². The molecule has 0 unspecified atom stereocenters. The quantitative estimate of drug-likeness (QED) is 0.532. The second kappa shape index (κ2) is 9.32. The first-order valence-electron chi connectivity index (χ1n) is 6.09. The molecule has 0 radical (unpaired) electrons. The number of hydrogen-bond donors (Lipinski definition) is 3. The van der Waals surface area contributed by atoms with E-state index in [0.717, 1.165) is 0 Å². The van der Waals surface area contributed by atoms with Crippen LogP contribution in [0.3, 0.4) is 0 Å². The first-order valence-corrected chi connectivity index (χ1v) is 6.09. The van der Waals surface area contributed by atoms with Crippen LogP contribution in [0.2, 0.25) is 0 Å². The third-order valence-corrected chi connectivity index (χ3v) is 2.31. The first-order chi connectivity index (χ1) is 9.24. The van der Waals surface area contributed by atoms with Crippen LogP contribution in [-0.4, -0.2) is 55.7 Å². The van der Waals surface area contributed by atoms with E-state index < -0.39 is 5.97 Å². The minimum Gasteiger partial charge on any atom is -0.492 e. The predicted molar refractivity (Wildman–Crippen MR) is 69.7 cm³/mol. The van der Waals surface area contributed by atoms with Gasteiger partial charge < -0.3 is 25.0 Å². The highest BCUT2D eigenvalue weighted by molar-refractivity contribution is 5.87. The van der Waals surface area contributed by atoms with Crippen molar-refractivity contribution in [1.82, 2.24) is 5.32 Å². The number of nitrogens with one attached hydrogen (secondary N) is 1. The van der Waals surface area contributed by atoms with Crippen molar-refractivity contribution in [2.45, 2.75) is 0 Å². The Hall–Kier alpha value is -1.63. The lowest BCUT2D eigenvalue weighted by Gasteiger charge is -2.08. The summed E-state index contributed by atoms with van der Waals surface area (Å²) in [5, 5.41) is 20.3. The van der Waals surface area contributed by atoms with Gasteiger partial charge in [0.1, 0.15) is 12.4 Å². The molecule has 0 saturated heterocycles. The van der Waals surface area contributed by atoms with Crippen LogP contribution in [-0.2, 0) is 4.74 Å². The van der Waals surface area contributed by atoms with E-state index in [2.05, 4.69) is 5.32 Å². The van der Waals surface area contributed by atoms with Gasteiger partial charge in [0.05, 0.1) is 25.4 Å². The Balaban J connectivity index is 2.07. The van der Waals surface area contributed by atoms with Crippen LogP contribution in [0.25, 0.3) is 0 Å². The molecular weight excluding hydrogens is 250 g/mol. The Bertz CT molecular complexity index is 366. The monoisotopic (exact) mass is 269 g/mol. The summed E-state index contributed by atoms with van der Waals surface area (Å²) in [6, 6.07) is 6.28. The molecule has 0 fully saturated rings. The smallest absolute Gasteiger partial charge is 0.335 e. The summed E-state index contributed by atoms with van der Waals surface area (Å²) >= 11 is 0. The maximum Gasteiger partial charge on any atom is 0.335 e. The van der Waals surface area contributed by atoms with E-state index >= 15 is 0 Å². The summed E-state index contributed by atoms with van der Waals surface area (Å²) in [4.78, 5) is 10.6. The average molecular weight is 269 g/mol. The zero-order chi connectivity index (χ0) is 13.9. The normalized spacial score (nSPS) is 10.4. The van der Waals surface area contributed by atoms with Crippen LogP contribution in [0.5, 0.6) is 5.75 Å². The molecular formula is C13H19NO5. The van der Waals surface area contributed by atoms with E-state index in [1.54, 1.807) is 12.1 Å². The van der Waals surface area contributed by atoms with Crippen LogP contribution in [0.1, 0.15) is 10.4 Å². The van der Waals surface area contributed by atoms with Crippen molar-refractivity contribution in [3.63, 3.8) is 0 Å². The third kappa shape index (κ3) is 6.76. The number of carboxylic acids is 1. The average Bonchev–Trinajstić information content (AvgIpc) is 2.42. The van der Waals surface area contributed by atoms with Crippen LogP contribution in [0.15, 0.2) is 24.3 Å². The van der Waals surface area contributed by atoms with Gasteiger partial charge in [0, 0.05) is 13.1 Å². The number of carboxylic acid groups (broad SMARTS) is 1. The van der Waals surface area contributed by atoms with Gasteiger partial charge >= 0.3 is 5.97 Å². The van der Waals surface area contributed by atoms with Crippen LogP contribution in [0, 0.1) is 0 Å². The molecule has 0 amide bonds. The Labute approximate surface area is 112 Å². The van der Waals surface area contributed by atoms with E-state index in [1.165, 1.54) is 12.1 Å². The SMILES string of the molecule is O=C(O)c1ccc(OCCNCCOCCO)cc1. The Morgan fingerprint density at radius 2 is 1.79 bits per heavy atom. The molecule has 106 valence electrons. The van der Waals surface area contributed by atoms with Crippen molar-refractivity contribution in [2.24, 2.45) is 0 Å². The fourth-order valence-corrected chi connectivity index (χ4v) is 1.37. The minimum atomic E-state index is -0.948. The lowest BCUT2D eigenvalue weighted by atomic mass is 10.2. The van der Waals surface area contributed by atoms with Gasteiger partial charge in [-0.1, -0.05) is 0 Å². The molecule has 6 heteroatoms. The molecule has 0 aromatic heterocycles. The van der Waals surface area contributed by atoms with Crippen molar-refractivity contribution in [3.8, 4) is 5.75 Å². The van der Waals surface area contributed by atoms with Gasteiger partial charge in [0.25, 0.3) is 0 Å². The lowest BCUT2D eigenvalue weighted by Crippen LogP contribution is -2.25. The lowest BCUT2D eigenvalue weighted by molar-refractivity contribution is 0.0697. The van der Waals surface area contributed by atoms with Gasteiger partial charge in [-0.3, -0.25) is 0 Å². The number of aliphatic hydroxyl groups is 1. The first kappa shape index (κ1) is 15.4. The number of carbonyl (C=O) groups is 1. The highest BCUT2D eigenvalue weighted by Crippen LogP contribution is 2.11. The molecule has 6 nitrogen and oxygen atoms in total.